The van der Waals surface area contributed by atoms with Crippen molar-refractivity contribution >= 4 is 23.5 Å². The third kappa shape index (κ3) is 3.83. The van der Waals surface area contributed by atoms with E-state index in [9.17, 15) is 14.0 Å². The lowest BCUT2D eigenvalue weighted by Crippen LogP contribution is -2.49. The Hall–Kier alpha value is -0.840. The minimum Gasteiger partial charge on any atom is -0.444 e. The molecule has 6 heteroatoms. The Morgan fingerprint density at radius 2 is 1.83 bits per heavy atom. The van der Waals surface area contributed by atoms with E-state index in [0.717, 1.165) is 0 Å². The quantitative estimate of drug-likeness (QED) is 0.730. The third-order valence-corrected chi connectivity index (χ3v) is 3.07. The van der Waals surface area contributed by atoms with Crippen molar-refractivity contribution in [1.82, 2.24) is 4.90 Å². The van der Waals surface area contributed by atoms with Gasteiger partial charge in [0.2, 0.25) is 0 Å². The molecule has 0 saturated carbocycles. The van der Waals surface area contributed by atoms with Gasteiger partial charge in [-0.15, -0.1) is 11.6 Å². The van der Waals surface area contributed by atoms with Crippen molar-refractivity contribution < 1.29 is 18.7 Å². The Morgan fingerprint density at radius 3 is 2.22 bits per heavy atom. The number of nitrogens with zero attached hydrogens (tertiary/aromatic N) is 1. The molecule has 0 spiro atoms. The lowest BCUT2D eigenvalue weighted by molar-refractivity contribution is -0.131. The number of ether oxygens (including phenoxy) is 1. The molecule has 0 N–H and O–H groups in total. The van der Waals surface area contributed by atoms with Crippen molar-refractivity contribution in [2.24, 2.45) is 0 Å². The fourth-order valence-corrected chi connectivity index (χ4v) is 2.01. The summed E-state index contributed by atoms with van der Waals surface area (Å²) in [6, 6.07) is 0. The van der Waals surface area contributed by atoms with E-state index >= 15 is 0 Å². The predicted molar refractivity (Wildman–Crippen MR) is 66.6 cm³/mol. The molecular formula is C12H19ClFNO3. The van der Waals surface area contributed by atoms with Crippen molar-refractivity contribution in [3.63, 3.8) is 0 Å². The number of rotatable bonds is 2. The van der Waals surface area contributed by atoms with Crippen LogP contribution in [0, 0.1) is 0 Å². The molecule has 0 aromatic carbocycles. The number of ketones is 1. The summed E-state index contributed by atoms with van der Waals surface area (Å²) in [6.45, 7) is 5.66. The van der Waals surface area contributed by atoms with Gasteiger partial charge in [0.1, 0.15) is 5.60 Å². The van der Waals surface area contributed by atoms with Crippen LogP contribution in [0.4, 0.5) is 9.18 Å². The van der Waals surface area contributed by atoms with Gasteiger partial charge in [-0.3, -0.25) is 4.79 Å². The monoisotopic (exact) mass is 279 g/mol. The van der Waals surface area contributed by atoms with Crippen LogP contribution >= 0.6 is 11.6 Å². The fourth-order valence-electron chi connectivity index (χ4n) is 1.77. The summed E-state index contributed by atoms with van der Waals surface area (Å²) >= 11 is 5.37. The zero-order valence-electron chi connectivity index (χ0n) is 11.0. The van der Waals surface area contributed by atoms with Gasteiger partial charge in [-0.25, -0.2) is 9.18 Å². The van der Waals surface area contributed by atoms with Gasteiger partial charge in [0.05, 0.1) is 5.88 Å². The number of hydrogen-bond acceptors (Lipinski definition) is 3. The molecule has 0 aliphatic carbocycles. The molecule has 1 fully saturated rings. The molecule has 0 atom stereocenters. The first kappa shape index (κ1) is 15.2. The van der Waals surface area contributed by atoms with Crippen LogP contribution in [0.3, 0.4) is 0 Å². The van der Waals surface area contributed by atoms with Crippen LogP contribution in [-0.2, 0) is 9.53 Å². The molecule has 104 valence electrons. The summed E-state index contributed by atoms with van der Waals surface area (Å²) in [5.41, 5.74) is -2.46. The molecule has 1 heterocycles. The van der Waals surface area contributed by atoms with Gasteiger partial charge < -0.3 is 9.64 Å². The molecule has 0 bridgehead atoms. The SMILES string of the molecule is CC(C)(C)OC(=O)N1CCC(F)(C(=O)CCl)CC1. The number of alkyl halides is 2. The van der Waals surface area contributed by atoms with Crippen molar-refractivity contribution in [3.8, 4) is 0 Å². The highest BCUT2D eigenvalue weighted by atomic mass is 35.5. The van der Waals surface area contributed by atoms with Crippen LogP contribution in [0.1, 0.15) is 33.6 Å². The van der Waals surface area contributed by atoms with Crippen molar-refractivity contribution in [2.45, 2.75) is 44.9 Å². The van der Waals surface area contributed by atoms with E-state index in [2.05, 4.69) is 0 Å². The number of carbonyl (C=O) groups is 2. The van der Waals surface area contributed by atoms with Crippen molar-refractivity contribution in [2.75, 3.05) is 19.0 Å². The highest BCUT2D eigenvalue weighted by molar-refractivity contribution is 6.28. The number of piperidine rings is 1. The van der Waals surface area contributed by atoms with E-state index in [-0.39, 0.29) is 31.8 Å². The average Bonchev–Trinajstić information content (AvgIpc) is 2.26. The second-order valence-corrected chi connectivity index (χ2v) is 5.76. The van der Waals surface area contributed by atoms with Crippen LogP contribution < -0.4 is 0 Å². The van der Waals surface area contributed by atoms with Gasteiger partial charge in [0.25, 0.3) is 0 Å². The van der Waals surface area contributed by atoms with Crippen LogP contribution in [0.15, 0.2) is 0 Å². The number of likely N-dealkylation sites (tertiary alicyclic amines) is 1. The van der Waals surface area contributed by atoms with E-state index in [1.807, 2.05) is 0 Å². The smallest absolute Gasteiger partial charge is 0.410 e. The topological polar surface area (TPSA) is 46.6 Å². The molecule has 18 heavy (non-hydrogen) atoms. The largest absolute Gasteiger partial charge is 0.444 e. The Kier molecular flexibility index (Phi) is 4.59. The lowest BCUT2D eigenvalue weighted by atomic mass is 9.90. The van der Waals surface area contributed by atoms with E-state index in [4.69, 9.17) is 16.3 Å². The maximum atomic E-state index is 14.1. The average molecular weight is 280 g/mol. The highest BCUT2D eigenvalue weighted by Gasteiger charge is 2.42. The molecule has 1 amide bonds. The molecule has 0 aromatic rings. The predicted octanol–water partition coefficient (Wildman–Crippen LogP) is 2.53. The second kappa shape index (κ2) is 5.43. The number of amides is 1. The number of halogens is 2. The Balaban J connectivity index is 2.54. The summed E-state index contributed by atoms with van der Waals surface area (Å²) in [5.74, 6) is -0.934. The van der Waals surface area contributed by atoms with Gasteiger partial charge in [-0.05, 0) is 20.8 Å². The highest BCUT2D eigenvalue weighted by Crippen LogP contribution is 2.28. The van der Waals surface area contributed by atoms with Gasteiger partial charge >= 0.3 is 6.09 Å². The van der Waals surface area contributed by atoms with Gasteiger partial charge in [-0.1, -0.05) is 0 Å². The summed E-state index contributed by atoms with van der Waals surface area (Å²) in [5, 5.41) is 0. The van der Waals surface area contributed by atoms with E-state index in [1.165, 1.54) is 4.90 Å². The molecule has 1 rings (SSSR count). The lowest BCUT2D eigenvalue weighted by Gasteiger charge is -2.35. The Labute approximate surface area is 111 Å². The Morgan fingerprint density at radius 1 is 1.33 bits per heavy atom. The standard InChI is InChI=1S/C12H19ClFNO3/c1-11(2,3)18-10(17)15-6-4-12(14,5-7-15)9(16)8-13/h4-8H2,1-3H3. The van der Waals surface area contributed by atoms with Crippen LogP contribution in [-0.4, -0.2) is 47.0 Å². The summed E-state index contributed by atoms with van der Waals surface area (Å²) < 4.78 is 19.3. The zero-order chi connectivity index (χ0) is 14.0. The second-order valence-electron chi connectivity index (χ2n) is 5.49. The normalized spacial score (nSPS) is 19.5. The van der Waals surface area contributed by atoms with Gasteiger partial charge in [0.15, 0.2) is 11.5 Å². The minimum absolute atomic E-state index is 0.0161. The summed E-state index contributed by atoms with van der Waals surface area (Å²) in [4.78, 5) is 24.5. The fraction of sp³-hybridized carbons (Fsp3) is 0.833. The Bertz CT molecular complexity index is 333. The van der Waals surface area contributed by atoms with Crippen LogP contribution in [0.25, 0.3) is 0 Å². The van der Waals surface area contributed by atoms with E-state index < -0.39 is 23.1 Å². The maximum Gasteiger partial charge on any atom is 0.410 e. The molecular weight excluding hydrogens is 261 g/mol. The third-order valence-electron chi connectivity index (χ3n) is 2.83. The number of Topliss-reactive ketones (excluding diaryl/α,β-unsaturated/α-hetero) is 1. The molecule has 1 saturated heterocycles. The van der Waals surface area contributed by atoms with Crippen LogP contribution in [0.5, 0.6) is 0 Å². The first-order chi connectivity index (χ1) is 8.18. The first-order valence-electron chi connectivity index (χ1n) is 5.94. The first-order valence-corrected chi connectivity index (χ1v) is 6.47. The van der Waals surface area contributed by atoms with Crippen LogP contribution in [0.2, 0.25) is 0 Å². The zero-order valence-corrected chi connectivity index (χ0v) is 11.7. The van der Waals surface area contributed by atoms with E-state index in [0.29, 0.717) is 0 Å². The van der Waals surface area contributed by atoms with E-state index in [1.54, 1.807) is 20.8 Å². The summed E-state index contributed by atoms with van der Waals surface area (Å²) in [7, 11) is 0. The molecule has 4 nitrogen and oxygen atoms in total. The number of carbonyl (C=O) groups excluding carboxylic acids is 2. The molecule has 0 radical (unpaired) electrons. The molecule has 0 unspecified atom stereocenters. The molecule has 1 aliphatic rings. The minimum atomic E-state index is -1.89. The molecule has 0 aromatic heterocycles. The van der Waals surface area contributed by atoms with Crippen molar-refractivity contribution in [1.29, 1.82) is 0 Å². The maximum absolute atomic E-state index is 14.1. The van der Waals surface area contributed by atoms with Crippen molar-refractivity contribution in [3.05, 3.63) is 0 Å². The summed E-state index contributed by atoms with van der Waals surface area (Å²) in [6.07, 6.45) is -0.502. The number of hydrogen-bond donors (Lipinski definition) is 0. The van der Waals surface area contributed by atoms with Gasteiger partial charge in [0, 0.05) is 25.9 Å². The molecule has 1 aliphatic heterocycles. The van der Waals surface area contributed by atoms with Gasteiger partial charge in [-0.2, -0.15) is 0 Å².